The van der Waals surface area contributed by atoms with Crippen LogP contribution in [-0.2, 0) is 4.79 Å². The van der Waals surface area contributed by atoms with Gasteiger partial charge in [0.25, 0.3) is 5.91 Å². The van der Waals surface area contributed by atoms with E-state index in [0.717, 1.165) is 5.56 Å². The number of aromatic nitrogens is 1. The molecule has 1 aromatic heterocycles. The molecular formula is C15H15N3O2. The molecule has 0 aliphatic heterocycles. The average Bonchev–Trinajstić information content (AvgIpc) is 2.52. The van der Waals surface area contributed by atoms with E-state index in [1.54, 1.807) is 31.5 Å². The molecule has 0 fully saturated rings. The number of ether oxygens (including phenoxy) is 1. The van der Waals surface area contributed by atoms with Gasteiger partial charge in [-0.3, -0.25) is 9.78 Å². The third-order valence-electron chi connectivity index (χ3n) is 2.54. The van der Waals surface area contributed by atoms with Crippen LogP contribution in [0, 0.1) is 0 Å². The standard InChI is InChI=1S/C15H15N3O2/c1-12(13-6-5-9-16-10-13)17-18-15(19)11-20-14-7-3-2-4-8-14/h2-10H,11H2,1H3,(H,18,19)/b17-12+. The Morgan fingerprint density at radius 3 is 2.75 bits per heavy atom. The highest BCUT2D eigenvalue weighted by Crippen LogP contribution is 2.07. The van der Waals surface area contributed by atoms with Crippen LogP contribution >= 0.6 is 0 Å². The number of rotatable bonds is 5. The van der Waals surface area contributed by atoms with Crippen molar-refractivity contribution in [3.63, 3.8) is 0 Å². The summed E-state index contributed by atoms with van der Waals surface area (Å²) in [6.45, 7) is 1.73. The fraction of sp³-hybridized carbons (Fsp3) is 0.133. The summed E-state index contributed by atoms with van der Waals surface area (Å²) in [6.07, 6.45) is 3.37. The molecule has 1 aromatic carbocycles. The normalized spacial score (nSPS) is 10.9. The molecule has 5 nitrogen and oxygen atoms in total. The first-order valence-electron chi connectivity index (χ1n) is 6.17. The van der Waals surface area contributed by atoms with Crippen LogP contribution in [0.25, 0.3) is 0 Å². The Morgan fingerprint density at radius 2 is 2.05 bits per heavy atom. The lowest BCUT2D eigenvalue weighted by atomic mass is 10.2. The second-order valence-electron chi connectivity index (χ2n) is 4.08. The lowest BCUT2D eigenvalue weighted by Crippen LogP contribution is -2.25. The topological polar surface area (TPSA) is 63.6 Å². The molecule has 20 heavy (non-hydrogen) atoms. The molecule has 0 saturated carbocycles. The average molecular weight is 269 g/mol. The van der Waals surface area contributed by atoms with Crippen LogP contribution in [0.3, 0.4) is 0 Å². The molecule has 0 unspecified atom stereocenters. The number of hydrogen-bond donors (Lipinski definition) is 1. The monoisotopic (exact) mass is 269 g/mol. The van der Waals surface area contributed by atoms with Crippen molar-refractivity contribution in [2.75, 3.05) is 6.61 Å². The summed E-state index contributed by atoms with van der Waals surface area (Å²) in [6, 6.07) is 12.8. The zero-order valence-electron chi connectivity index (χ0n) is 11.1. The minimum Gasteiger partial charge on any atom is -0.484 e. The number of carbonyl (C=O) groups is 1. The van der Waals surface area contributed by atoms with Crippen LogP contribution in [-0.4, -0.2) is 23.2 Å². The second kappa shape index (κ2) is 7.04. The van der Waals surface area contributed by atoms with Gasteiger partial charge >= 0.3 is 0 Å². The maximum Gasteiger partial charge on any atom is 0.277 e. The van der Waals surface area contributed by atoms with Crippen LogP contribution in [0.4, 0.5) is 0 Å². The fourth-order valence-corrected chi connectivity index (χ4v) is 1.49. The van der Waals surface area contributed by atoms with Gasteiger partial charge in [-0.2, -0.15) is 5.10 Å². The lowest BCUT2D eigenvalue weighted by Gasteiger charge is -2.05. The number of carbonyl (C=O) groups excluding carboxylic acids is 1. The molecular weight excluding hydrogens is 254 g/mol. The summed E-state index contributed by atoms with van der Waals surface area (Å²) >= 11 is 0. The Bertz CT molecular complexity index is 583. The zero-order valence-corrected chi connectivity index (χ0v) is 11.1. The lowest BCUT2D eigenvalue weighted by molar-refractivity contribution is -0.123. The molecule has 102 valence electrons. The third kappa shape index (κ3) is 4.20. The van der Waals surface area contributed by atoms with Gasteiger partial charge in [0.1, 0.15) is 5.75 Å². The molecule has 0 spiro atoms. The Morgan fingerprint density at radius 1 is 1.25 bits per heavy atom. The van der Waals surface area contributed by atoms with Crippen LogP contribution < -0.4 is 10.2 Å². The molecule has 0 saturated heterocycles. The molecule has 1 amide bonds. The van der Waals surface area contributed by atoms with E-state index in [9.17, 15) is 4.79 Å². The van der Waals surface area contributed by atoms with Gasteiger partial charge in [0.15, 0.2) is 6.61 Å². The number of hydrazone groups is 1. The molecule has 0 aliphatic rings. The van der Waals surface area contributed by atoms with Crippen LogP contribution in [0.2, 0.25) is 0 Å². The maximum atomic E-state index is 11.6. The van der Waals surface area contributed by atoms with Crippen molar-refractivity contribution >= 4 is 11.6 Å². The molecule has 2 rings (SSSR count). The number of para-hydroxylation sites is 1. The number of nitrogens with zero attached hydrogens (tertiary/aromatic N) is 2. The molecule has 2 aromatic rings. The van der Waals surface area contributed by atoms with Crippen LogP contribution in [0.1, 0.15) is 12.5 Å². The first kappa shape index (κ1) is 13.7. The SMILES string of the molecule is C/C(=N\NC(=O)COc1ccccc1)c1cccnc1. The van der Waals surface area contributed by atoms with Crippen molar-refractivity contribution in [1.82, 2.24) is 10.4 Å². The Hall–Kier alpha value is -2.69. The fourth-order valence-electron chi connectivity index (χ4n) is 1.49. The van der Waals surface area contributed by atoms with Crippen molar-refractivity contribution in [2.45, 2.75) is 6.92 Å². The number of benzene rings is 1. The Balaban J connectivity index is 1.83. The maximum absolute atomic E-state index is 11.6. The van der Waals surface area contributed by atoms with Crippen molar-refractivity contribution < 1.29 is 9.53 Å². The van der Waals surface area contributed by atoms with Crippen LogP contribution in [0.5, 0.6) is 5.75 Å². The largest absolute Gasteiger partial charge is 0.484 e. The smallest absolute Gasteiger partial charge is 0.277 e. The van der Waals surface area contributed by atoms with E-state index in [0.29, 0.717) is 11.5 Å². The highest BCUT2D eigenvalue weighted by molar-refractivity contribution is 5.98. The van der Waals surface area contributed by atoms with E-state index >= 15 is 0 Å². The van der Waals surface area contributed by atoms with Gasteiger partial charge in [0.2, 0.25) is 0 Å². The quantitative estimate of drug-likeness (QED) is 0.667. The summed E-state index contributed by atoms with van der Waals surface area (Å²) in [5.41, 5.74) is 3.99. The highest BCUT2D eigenvalue weighted by atomic mass is 16.5. The van der Waals surface area contributed by atoms with E-state index in [1.165, 1.54) is 0 Å². The van der Waals surface area contributed by atoms with Gasteiger partial charge in [-0.15, -0.1) is 0 Å². The molecule has 0 atom stereocenters. The Kier molecular flexibility index (Phi) is 4.83. The first-order chi connectivity index (χ1) is 9.75. The van der Waals surface area contributed by atoms with Gasteiger partial charge in [-0.05, 0) is 25.1 Å². The molecule has 0 aliphatic carbocycles. The van der Waals surface area contributed by atoms with E-state index < -0.39 is 0 Å². The minimum absolute atomic E-state index is 0.0756. The van der Waals surface area contributed by atoms with Gasteiger partial charge in [0.05, 0.1) is 5.71 Å². The van der Waals surface area contributed by atoms with Crippen molar-refractivity contribution in [3.8, 4) is 5.75 Å². The highest BCUT2D eigenvalue weighted by Gasteiger charge is 2.02. The molecule has 5 heteroatoms. The molecule has 1 heterocycles. The van der Waals surface area contributed by atoms with E-state index in [4.69, 9.17) is 4.74 Å². The number of hydrogen-bond acceptors (Lipinski definition) is 4. The van der Waals surface area contributed by atoms with Gasteiger partial charge in [-0.25, -0.2) is 5.43 Å². The predicted molar refractivity (Wildman–Crippen MR) is 76.5 cm³/mol. The number of amides is 1. The molecule has 1 N–H and O–H groups in total. The van der Waals surface area contributed by atoms with E-state index in [1.807, 2.05) is 30.3 Å². The minimum atomic E-state index is -0.308. The van der Waals surface area contributed by atoms with Gasteiger partial charge in [0, 0.05) is 18.0 Å². The Labute approximate surface area is 117 Å². The number of nitrogens with one attached hydrogen (secondary N) is 1. The van der Waals surface area contributed by atoms with Crippen molar-refractivity contribution in [2.24, 2.45) is 5.10 Å². The predicted octanol–water partition coefficient (Wildman–Crippen LogP) is 2.00. The first-order valence-corrected chi connectivity index (χ1v) is 6.17. The van der Waals surface area contributed by atoms with Gasteiger partial charge in [-0.1, -0.05) is 24.3 Å². The zero-order chi connectivity index (χ0) is 14.2. The third-order valence-corrected chi connectivity index (χ3v) is 2.54. The summed E-state index contributed by atoms with van der Waals surface area (Å²) in [7, 11) is 0. The van der Waals surface area contributed by atoms with Crippen molar-refractivity contribution in [3.05, 3.63) is 60.4 Å². The molecule has 0 bridgehead atoms. The molecule has 0 radical (unpaired) electrons. The number of pyridine rings is 1. The summed E-state index contributed by atoms with van der Waals surface area (Å²) in [5, 5.41) is 4.00. The van der Waals surface area contributed by atoms with Crippen molar-refractivity contribution in [1.29, 1.82) is 0 Å². The summed E-state index contributed by atoms with van der Waals surface area (Å²) < 4.78 is 5.31. The van der Waals surface area contributed by atoms with E-state index in [2.05, 4.69) is 15.5 Å². The van der Waals surface area contributed by atoms with Gasteiger partial charge < -0.3 is 4.74 Å². The van der Waals surface area contributed by atoms with Crippen LogP contribution in [0.15, 0.2) is 60.0 Å². The summed E-state index contributed by atoms with van der Waals surface area (Å²) in [5.74, 6) is 0.340. The second-order valence-corrected chi connectivity index (χ2v) is 4.08. The summed E-state index contributed by atoms with van der Waals surface area (Å²) in [4.78, 5) is 15.6. The van der Waals surface area contributed by atoms with E-state index in [-0.39, 0.29) is 12.5 Å².